The highest BCUT2D eigenvalue weighted by molar-refractivity contribution is 7.13. The zero-order chi connectivity index (χ0) is 75.5. The van der Waals surface area contributed by atoms with Crippen LogP contribution in [0.5, 0.6) is 0 Å². The van der Waals surface area contributed by atoms with Gasteiger partial charge in [-0.25, -0.2) is 19.2 Å². The monoisotopic (exact) mass is 1470 g/mol. The lowest BCUT2D eigenvalue weighted by Crippen LogP contribution is -2.28. The molecule has 0 saturated carbocycles. The summed E-state index contributed by atoms with van der Waals surface area (Å²) in [6, 6.07) is 31.4. The van der Waals surface area contributed by atoms with Crippen LogP contribution in [0.3, 0.4) is 0 Å². The van der Waals surface area contributed by atoms with Gasteiger partial charge in [-0.15, -0.1) is 45.3 Å². The van der Waals surface area contributed by atoms with Crippen molar-refractivity contribution < 1.29 is 58.6 Å². The largest absolute Gasteiger partial charge is 0.479 e. The quantitative estimate of drug-likeness (QED) is 0.0713. The van der Waals surface area contributed by atoms with E-state index in [0.717, 1.165) is 138 Å². The van der Waals surface area contributed by atoms with Gasteiger partial charge in [-0.05, 0) is 250 Å². The van der Waals surface area contributed by atoms with Crippen LogP contribution in [-0.2, 0) is 63.8 Å². The van der Waals surface area contributed by atoms with Crippen molar-refractivity contribution >= 4 is 103 Å². The van der Waals surface area contributed by atoms with Gasteiger partial charge >= 0.3 is 23.9 Å². The second kappa shape index (κ2) is 32.3. The van der Waals surface area contributed by atoms with Crippen molar-refractivity contribution in [1.29, 1.82) is 0 Å². The molecular weight excluding hydrogens is 1370 g/mol. The zero-order valence-corrected chi connectivity index (χ0v) is 66.6. The fourth-order valence-electron chi connectivity index (χ4n) is 14.2. The number of aromatic nitrogens is 1. The molecule has 17 heteroatoms. The summed E-state index contributed by atoms with van der Waals surface area (Å²) in [4.78, 5) is 61.0. The summed E-state index contributed by atoms with van der Waals surface area (Å²) in [5, 5.41) is 41.5. The fraction of sp³-hybridized carbons (Fsp3) is 0.407. The van der Waals surface area contributed by atoms with Crippen LogP contribution in [0.25, 0.3) is 56.3 Å². The van der Waals surface area contributed by atoms with Crippen LogP contribution < -0.4 is 0 Å². The van der Waals surface area contributed by atoms with E-state index in [-0.39, 0.29) is 0 Å². The van der Waals surface area contributed by atoms with Crippen LogP contribution in [0.15, 0.2) is 103 Å². The van der Waals surface area contributed by atoms with Crippen molar-refractivity contribution in [2.75, 3.05) is 0 Å². The van der Waals surface area contributed by atoms with Crippen LogP contribution in [0.2, 0.25) is 0 Å². The van der Waals surface area contributed by atoms with E-state index in [2.05, 4.69) is 86.4 Å². The van der Waals surface area contributed by atoms with E-state index < -0.39 is 70.7 Å². The molecule has 5 heterocycles. The van der Waals surface area contributed by atoms with E-state index in [1.807, 2.05) is 173 Å². The van der Waals surface area contributed by atoms with Gasteiger partial charge in [0.05, 0.1) is 22.4 Å². The molecule has 0 spiro atoms. The molecule has 12 rings (SSSR count). The number of carboxylic acid groups (broad SMARTS) is 4. The number of carbonyl (C=O) groups is 4. The first-order chi connectivity index (χ1) is 48.2. The molecule has 0 saturated heterocycles. The Labute approximate surface area is 624 Å². The molecule has 0 fully saturated rings. The molecule has 4 N–H and O–H groups in total. The van der Waals surface area contributed by atoms with Gasteiger partial charge < -0.3 is 39.4 Å². The summed E-state index contributed by atoms with van der Waals surface area (Å²) in [5.41, 5.74) is 17.5. The second-order valence-corrected chi connectivity index (χ2v) is 36.5. The minimum Gasteiger partial charge on any atom is -0.479 e. The van der Waals surface area contributed by atoms with E-state index in [4.69, 9.17) is 18.9 Å². The minimum absolute atomic E-state index is 0.529. The first-order valence-corrected chi connectivity index (χ1v) is 38.5. The Morgan fingerprint density at radius 3 is 1.23 bits per heavy atom. The maximum absolute atomic E-state index is 12.1. The molecule has 4 atom stereocenters. The number of pyridine rings is 1. The predicted molar refractivity (Wildman–Crippen MR) is 423 cm³/mol. The Hall–Kier alpha value is -7.71. The Bertz CT molecular complexity index is 4690. The maximum Gasteiger partial charge on any atom is 0.337 e. The molecule has 4 unspecified atom stereocenters. The van der Waals surface area contributed by atoms with Crippen molar-refractivity contribution in [3.8, 4) is 22.3 Å². The lowest BCUT2D eigenvalue weighted by molar-refractivity contribution is -0.161. The highest BCUT2D eigenvalue weighted by Crippen LogP contribution is 2.48. The van der Waals surface area contributed by atoms with Crippen LogP contribution >= 0.6 is 45.3 Å². The van der Waals surface area contributed by atoms with E-state index in [1.54, 1.807) is 45.3 Å². The minimum atomic E-state index is -1.02. The molecule has 0 amide bonds. The molecule has 0 aliphatic heterocycles. The third-order valence-corrected chi connectivity index (χ3v) is 22.2. The molecule has 13 nitrogen and oxygen atoms in total. The predicted octanol–water partition coefficient (Wildman–Crippen LogP) is 22.6. The Balaban J connectivity index is 0.000000160. The molecule has 546 valence electrons. The number of aliphatic carboxylic acids is 4. The van der Waals surface area contributed by atoms with Crippen molar-refractivity contribution in [3.63, 3.8) is 0 Å². The number of hydrogen-bond acceptors (Lipinski definition) is 13. The number of fused-ring (bicyclic) bond motifs is 4. The Morgan fingerprint density at radius 1 is 0.388 bits per heavy atom. The summed E-state index contributed by atoms with van der Waals surface area (Å²) in [5.74, 6) is -3.78. The average molecular weight is 1470 g/mol. The number of hydrogen-bond donors (Lipinski definition) is 4. The number of allylic oxidation sites excluding steroid dienone is 2. The number of nitrogens with zero attached hydrogens (tertiary/aromatic N) is 1. The Kier molecular flexibility index (Phi) is 24.9. The highest BCUT2D eigenvalue weighted by Gasteiger charge is 2.38. The second-order valence-electron chi connectivity index (χ2n) is 30.8. The van der Waals surface area contributed by atoms with Gasteiger partial charge in [0.1, 0.15) is 0 Å². The van der Waals surface area contributed by atoms with E-state index in [9.17, 15) is 39.6 Å². The van der Waals surface area contributed by atoms with Crippen LogP contribution in [0, 0.1) is 55.4 Å². The fourth-order valence-corrected chi connectivity index (χ4v) is 18.6. The number of thiophene rings is 4. The third-order valence-electron chi connectivity index (χ3n) is 18.1. The van der Waals surface area contributed by atoms with E-state index in [1.165, 1.54) is 57.4 Å². The number of ether oxygens (including phenoxy) is 4. The Morgan fingerprint density at radius 2 is 0.767 bits per heavy atom. The molecule has 0 radical (unpaired) electrons. The lowest BCUT2D eigenvalue weighted by Gasteiger charge is -2.27. The average Bonchev–Trinajstić information content (AvgIpc) is 1.69. The smallest absolute Gasteiger partial charge is 0.337 e. The summed E-state index contributed by atoms with van der Waals surface area (Å²) >= 11 is 6.56. The molecule has 3 aliphatic rings. The molecule has 103 heavy (non-hydrogen) atoms. The highest BCUT2D eigenvalue weighted by atomic mass is 32.1. The molecule has 0 bridgehead atoms. The lowest BCUT2D eigenvalue weighted by atomic mass is 9.86. The summed E-state index contributed by atoms with van der Waals surface area (Å²) in [7, 11) is 0. The zero-order valence-electron chi connectivity index (χ0n) is 63.4. The number of rotatable bonds is 16. The van der Waals surface area contributed by atoms with Gasteiger partial charge in [-0.2, -0.15) is 0 Å². The van der Waals surface area contributed by atoms with Crippen molar-refractivity contribution in [2.45, 2.75) is 230 Å². The van der Waals surface area contributed by atoms with Crippen LogP contribution in [0.4, 0.5) is 0 Å². The summed E-state index contributed by atoms with van der Waals surface area (Å²) < 4.78 is 23.8. The van der Waals surface area contributed by atoms with Crippen molar-refractivity contribution in [3.05, 3.63) is 209 Å². The number of benzene rings is 4. The molecule has 4 aromatic carbocycles. The number of carboxylic acids is 4. The number of aryl methyl sites for hydroxylation is 11. The van der Waals surface area contributed by atoms with E-state index >= 15 is 0 Å². The van der Waals surface area contributed by atoms with Crippen molar-refractivity contribution in [2.24, 2.45) is 0 Å². The van der Waals surface area contributed by atoms with Gasteiger partial charge in [0.15, 0.2) is 24.4 Å². The molecular formula is C86H101NO12S4. The van der Waals surface area contributed by atoms with Crippen LogP contribution in [-0.4, -0.2) is 71.7 Å². The van der Waals surface area contributed by atoms with Gasteiger partial charge in [0.25, 0.3) is 0 Å². The van der Waals surface area contributed by atoms with Crippen LogP contribution in [0.1, 0.15) is 233 Å². The topological polar surface area (TPSA) is 199 Å². The van der Waals surface area contributed by atoms with E-state index in [0.29, 0.717) is 0 Å². The normalized spacial score (nSPS) is 14.8. The van der Waals surface area contributed by atoms with Gasteiger partial charge in [-0.3, -0.25) is 4.98 Å². The van der Waals surface area contributed by atoms with Gasteiger partial charge in [-0.1, -0.05) is 103 Å². The van der Waals surface area contributed by atoms with Crippen molar-refractivity contribution in [1.82, 2.24) is 4.98 Å². The summed E-state index contributed by atoms with van der Waals surface area (Å²) in [6.45, 7) is 38.8. The molecule has 9 aromatic rings. The third kappa shape index (κ3) is 19.2. The van der Waals surface area contributed by atoms with Gasteiger partial charge in [0, 0.05) is 95.7 Å². The summed E-state index contributed by atoms with van der Waals surface area (Å²) in [6.07, 6.45) is 11.6. The SMILES string of the molecule is Cc1sc(C)c(C(OC(C)(C)C)C(=O)O)c1-c1ccc2c(c1)CCCC2.Cc1sc(C)c(C(OC(C)(C)C)C(=O)O)c1-c1cncc2ccccc12.Cc1sc(C)c(C(OC(C)(C)C)C(=O)O)c1C1=Cc2ccccc2C1.Cc1sc(C)c(C(OC(C)(C)C)C(=O)O)c1C1=Cc2ccccc2CC1. The molecule has 3 aliphatic carbocycles. The van der Waals surface area contributed by atoms with Gasteiger partial charge in [0.2, 0.25) is 0 Å². The molecule has 5 aromatic heterocycles. The maximum atomic E-state index is 12.1. The standard InChI is InChI=1S/C22H28O3S.C22H26O3S.C21H23NO3S.C21H24O3S/c2*1-13-18(17-11-10-15-8-6-7-9-16(15)12-17)19(14(2)26-13)20(21(23)24)25-22(3,4)5;1-12-17(16-11-22-10-14-8-6-7-9-15(14)16)18(13(2)26-12)19(20(23)24)25-21(3,4)5;1-12-17(16-10-14-8-6-7-9-15(14)11-16)18(13(2)25-12)19(20(22)23)24-21(3,4)5/h10-12,20H,6-9H2,1-5H3,(H,23,24);6-9,12,20H,10-11H2,1-5H3,(H,23,24);6-11,19H,1-5H3,(H,23,24);6-10,19H,11H2,1-5H3,(H,22,23). The first kappa shape index (κ1) is 79.4. The first-order valence-electron chi connectivity index (χ1n) is 35.3.